The van der Waals surface area contributed by atoms with Gasteiger partial charge >= 0.3 is 0 Å². The zero-order chi connectivity index (χ0) is 22.8. The number of nitrogens with one attached hydrogen (secondary N) is 1. The van der Waals surface area contributed by atoms with E-state index < -0.39 is 0 Å². The first-order valence-corrected chi connectivity index (χ1v) is 11.5. The summed E-state index contributed by atoms with van der Waals surface area (Å²) >= 11 is 1.28. The number of hydrogen-bond acceptors (Lipinski definition) is 8. The molecule has 0 aliphatic carbocycles. The van der Waals surface area contributed by atoms with E-state index in [-0.39, 0.29) is 31.1 Å². The lowest BCUT2D eigenvalue weighted by molar-refractivity contribution is -0.118. The van der Waals surface area contributed by atoms with E-state index in [1.807, 2.05) is 24.3 Å². The van der Waals surface area contributed by atoms with Gasteiger partial charge in [0.2, 0.25) is 17.8 Å². The summed E-state index contributed by atoms with van der Waals surface area (Å²) in [6.45, 7) is 2.63. The Morgan fingerprint density at radius 1 is 1.18 bits per heavy atom. The maximum Gasteiger partial charge on any atom is 0.264 e. The summed E-state index contributed by atoms with van der Waals surface area (Å²) in [6.07, 6.45) is 1.32. The van der Waals surface area contributed by atoms with Crippen LogP contribution in [0.2, 0.25) is 0 Å². The van der Waals surface area contributed by atoms with Gasteiger partial charge in [0.15, 0.2) is 18.1 Å². The molecule has 1 aromatic heterocycles. The Morgan fingerprint density at radius 3 is 2.82 bits per heavy atom. The zero-order valence-electron chi connectivity index (χ0n) is 17.9. The third kappa shape index (κ3) is 4.61. The molecule has 2 aromatic carbocycles. The molecule has 0 saturated carbocycles. The average molecular weight is 467 g/mol. The van der Waals surface area contributed by atoms with Gasteiger partial charge in [0.25, 0.3) is 5.91 Å². The fraction of sp³-hybridized carbons (Fsp3) is 0.304. The number of aryl methyl sites for hydroxylation is 1. The molecule has 33 heavy (non-hydrogen) atoms. The van der Waals surface area contributed by atoms with E-state index in [2.05, 4.69) is 22.4 Å². The van der Waals surface area contributed by atoms with Gasteiger partial charge < -0.3 is 19.1 Å². The van der Waals surface area contributed by atoms with Gasteiger partial charge in [-0.15, -0.1) is 10.2 Å². The van der Waals surface area contributed by atoms with Crippen LogP contribution in [0.3, 0.4) is 0 Å². The molecule has 0 bridgehead atoms. The molecule has 2 aliphatic rings. The largest absolute Gasteiger partial charge is 0.484 e. The van der Waals surface area contributed by atoms with Crippen molar-refractivity contribution in [2.75, 3.05) is 30.2 Å². The first-order chi connectivity index (χ1) is 16.1. The number of carbonyl (C=O) groups excluding carboxylic acids is 2. The van der Waals surface area contributed by atoms with Gasteiger partial charge in [-0.05, 0) is 36.2 Å². The maximum absolute atomic E-state index is 12.6. The second-order valence-electron chi connectivity index (χ2n) is 7.72. The highest BCUT2D eigenvalue weighted by Gasteiger charge is 2.34. The van der Waals surface area contributed by atoms with E-state index in [1.165, 1.54) is 16.9 Å². The lowest BCUT2D eigenvalue weighted by Crippen LogP contribution is -2.24. The molecule has 2 aliphatic heterocycles. The Balaban J connectivity index is 1.16. The Kier molecular flexibility index (Phi) is 5.82. The van der Waals surface area contributed by atoms with Crippen LogP contribution in [0.25, 0.3) is 0 Å². The van der Waals surface area contributed by atoms with Crippen molar-refractivity contribution in [2.24, 2.45) is 0 Å². The monoisotopic (exact) mass is 466 g/mol. The lowest BCUT2D eigenvalue weighted by Gasteiger charge is -2.16. The van der Waals surface area contributed by atoms with Gasteiger partial charge in [-0.2, -0.15) is 0 Å². The summed E-state index contributed by atoms with van der Waals surface area (Å²) < 4.78 is 16.1. The van der Waals surface area contributed by atoms with Crippen LogP contribution in [0.15, 0.2) is 42.5 Å². The highest BCUT2D eigenvalue weighted by atomic mass is 32.1. The number of anilines is 2. The van der Waals surface area contributed by atoms with Crippen molar-refractivity contribution in [1.82, 2.24) is 10.2 Å². The van der Waals surface area contributed by atoms with Crippen LogP contribution in [-0.2, 0) is 16.0 Å². The van der Waals surface area contributed by atoms with Crippen molar-refractivity contribution in [1.29, 1.82) is 0 Å². The summed E-state index contributed by atoms with van der Waals surface area (Å²) in [7, 11) is 0. The summed E-state index contributed by atoms with van der Waals surface area (Å²) in [5, 5.41) is 12.1. The van der Waals surface area contributed by atoms with Crippen molar-refractivity contribution in [3.05, 3.63) is 53.0 Å². The molecule has 2 amide bonds. The number of aromatic nitrogens is 2. The molecule has 5 rings (SSSR count). The van der Waals surface area contributed by atoms with Crippen LogP contribution in [0.5, 0.6) is 17.2 Å². The number of hydrogen-bond donors (Lipinski definition) is 1. The van der Waals surface area contributed by atoms with Gasteiger partial charge in [0.1, 0.15) is 10.8 Å². The molecule has 0 spiro atoms. The minimum atomic E-state index is -0.351. The Bertz CT molecular complexity index is 1180. The maximum atomic E-state index is 12.6. The number of rotatable bonds is 7. The third-order valence-electron chi connectivity index (χ3n) is 5.53. The predicted molar refractivity (Wildman–Crippen MR) is 122 cm³/mol. The highest BCUT2D eigenvalue weighted by molar-refractivity contribution is 7.15. The van der Waals surface area contributed by atoms with Crippen LogP contribution in [0.1, 0.15) is 29.8 Å². The fourth-order valence-electron chi connectivity index (χ4n) is 3.76. The standard InChI is InChI=1S/C23H22N4O5S/c1-2-14-3-5-16(6-4-14)27-11-15(9-21(27)29)22-25-26-23(33-22)24-20(28)12-30-17-7-8-18-19(10-17)32-13-31-18/h3-8,10,15H,2,9,11-13H2,1H3,(H,24,26,28). The van der Waals surface area contributed by atoms with Gasteiger partial charge in [-0.1, -0.05) is 30.4 Å². The smallest absolute Gasteiger partial charge is 0.264 e. The molecule has 1 atom stereocenters. The van der Waals surface area contributed by atoms with Crippen LogP contribution in [-0.4, -0.2) is 42.0 Å². The first-order valence-electron chi connectivity index (χ1n) is 10.6. The third-order valence-corrected chi connectivity index (χ3v) is 6.53. The minimum absolute atomic E-state index is 0.0576. The molecule has 1 saturated heterocycles. The Hall–Kier alpha value is -3.66. The van der Waals surface area contributed by atoms with Crippen molar-refractivity contribution in [3.8, 4) is 17.2 Å². The normalized spacial score (nSPS) is 16.8. The van der Waals surface area contributed by atoms with E-state index in [4.69, 9.17) is 14.2 Å². The van der Waals surface area contributed by atoms with Crippen LogP contribution >= 0.6 is 11.3 Å². The lowest BCUT2D eigenvalue weighted by atomic mass is 10.1. The Labute approximate surface area is 194 Å². The van der Waals surface area contributed by atoms with Crippen molar-refractivity contribution in [3.63, 3.8) is 0 Å². The molecular weight excluding hydrogens is 444 g/mol. The van der Waals surface area contributed by atoms with Gasteiger partial charge in [0.05, 0.1) is 0 Å². The molecule has 3 heterocycles. The molecule has 1 N–H and O–H groups in total. The van der Waals surface area contributed by atoms with Crippen LogP contribution in [0.4, 0.5) is 10.8 Å². The van der Waals surface area contributed by atoms with Crippen LogP contribution in [0, 0.1) is 0 Å². The second-order valence-corrected chi connectivity index (χ2v) is 8.73. The summed E-state index contributed by atoms with van der Waals surface area (Å²) in [6, 6.07) is 13.2. The number of fused-ring (bicyclic) bond motifs is 1. The molecule has 9 nitrogen and oxygen atoms in total. The minimum Gasteiger partial charge on any atom is -0.484 e. The van der Waals surface area contributed by atoms with Crippen molar-refractivity contribution in [2.45, 2.75) is 25.7 Å². The quantitative estimate of drug-likeness (QED) is 0.569. The average Bonchev–Trinajstić information content (AvgIpc) is 3.57. The summed E-state index contributed by atoms with van der Waals surface area (Å²) in [4.78, 5) is 26.6. The van der Waals surface area contributed by atoms with Crippen molar-refractivity contribution < 1.29 is 23.8 Å². The molecule has 1 fully saturated rings. The molecule has 0 radical (unpaired) electrons. The number of carbonyl (C=O) groups is 2. The molecule has 3 aromatic rings. The zero-order valence-corrected chi connectivity index (χ0v) is 18.8. The fourth-order valence-corrected chi connectivity index (χ4v) is 4.61. The second kappa shape index (κ2) is 9.07. The topological polar surface area (TPSA) is 103 Å². The van der Waals surface area contributed by atoms with E-state index in [1.54, 1.807) is 23.1 Å². The Morgan fingerprint density at radius 2 is 2.00 bits per heavy atom. The summed E-state index contributed by atoms with van der Waals surface area (Å²) in [5.74, 6) is 1.39. The number of nitrogens with zero attached hydrogens (tertiary/aromatic N) is 3. The predicted octanol–water partition coefficient (Wildman–Crippen LogP) is 3.37. The molecule has 170 valence electrons. The van der Waals surface area contributed by atoms with E-state index >= 15 is 0 Å². The van der Waals surface area contributed by atoms with Crippen molar-refractivity contribution >= 4 is 34.0 Å². The SMILES string of the molecule is CCc1ccc(N2CC(c3nnc(NC(=O)COc4ccc5c(c4)OCO5)s3)CC2=O)cc1. The number of ether oxygens (including phenoxy) is 3. The molecule has 1 unspecified atom stereocenters. The van der Waals surface area contributed by atoms with Gasteiger partial charge in [0, 0.05) is 30.6 Å². The molecule has 10 heteroatoms. The number of benzene rings is 2. The molecular formula is C23H22N4O5S. The van der Waals surface area contributed by atoms with E-state index in [0.717, 1.165) is 17.1 Å². The first kappa shape index (κ1) is 21.2. The number of amides is 2. The van der Waals surface area contributed by atoms with E-state index in [9.17, 15) is 9.59 Å². The highest BCUT2D eigenvalue weighted by Crippen LogP contribution is 2.36. The van der Waals surface area contributed by atoms with Gasteiger partial charge in [-0.25, -0.2) is 0 Å². The van der Waals surface area contributed by atoms with E-state index in [0.29, 0.717) is 35.3 Å². The van der Waals surface area contributed by atoms with Crippen LogP contribution < -0.4 is 24.4 Å². The summed E-state index contributed by atoms with van der Waals surface area (Å²) in [5.41, 5.74) is 2.12. The van der Waals surface area contributed by atoms with Gasteiger partial charge in [-0.3, -0.25) is 14.9 Å².